The molecule has 4 heteroatoms. The van der Waals surface area contributed by atoms with E-state index in [1.54, 1.807) is 0 Å². The molecule has 2 N–H and O–H groups in total. The van der Waals surface area contributed by atoms with Crippen molar-refractivity contribution in [3.8, 4) is 0 Å². The van der Waals surface area contributed by atoms with Crippen LogP contribution in [-0.4, -0.2) is 27.0 Å². The normalized spacial score (nSPS) is 27.7. The Balaban J connectivity index is 1.82. The Hall–Kier alpha value is -0.870. The summed E-state index contributed by atoms with van der Waals surface area (Å²) in [5.74, 6) is 0.769. The number of hydrogen-bond acceptors (Lipinski definition) is 3. The molecule has 1 aromatic heterocycles. The van der Waals surface area contributed by atoms with E-state index in [4.69, 9.17) is 0 Å². The van der Waals surface area contributed by atoms with Crippen molar-refractivity contribution in [1.82, 2.24) is 15.1 Å². The number of aryl methyl sites for hydroxylation is 2. The standard InChI is InChI=1S/C15H27N3O/c1-4-14-13(10-18(3)17-14)9-16-11-15(19)7-5-12(2)6-8-15/h10,12,16,19H,4-9,11H2,1-3H3. The summed E-state index contributed by atoms with van der Waals surface area (Å²) in [7, 11) is 1.96. The van der Waals surface area contributed by atoms with Crippen LogP contribution in [0.1, 0.15) is 50.8 Å². The average molecular weight is 265 g/mol. The quantitative estimate of drug-likeness (QED) is 0.856. The van der Waals surface area contributed by atoms with Gasteiger partial charge in [0.2, 0.25) is 0 Å². The zero-order valence-corrected chi connectivity index (χ0v) is 12.4. The number of nitrogens with one attached hydrogen (secondary N) is 1. The maximum atomic E-state index is 10.5. The molecule has 4 nitrogen and oxygen atoms in total. The molecule has 0 unspecified atom stereocenters. The molecule has 1 aromatic rings. The molecule has 1 saturated carbocycles. The summed E-state index contributed by atoms with van der Waals surface area (Å²) in [6.07, 6.45) is 7.17. The summed E-state index contributed by atoms with van der Waals surface area (Å²) in [6, 6.07) is 0. The Morgan fingerprint density at radius 3 is 2.79 bits per heavy atom. The van der Waals surface area contributed by atoms with Crippen LogP contribution in [-0.2, 0) is 20.0 Å². The minimum absolute atomic E-state index is 0.499. The van der Waals surface area contributed by atoms with Crippen LogP contribution in [0.25, 0.3) is 0 Å². The smallest absolute Gasteiger partial charge is 0.0771 e. The van der Waals surface area contributed by atoms with E-state index >= 15 is 0 Å². The second-order valence-corrected chi connectivity index (χ2v) is 6.14. The molecule has 1 heterocycles. The average Bonchev–Trinajstić information content (AvgIpc) is 2.74. The zero-order valence-electron chi connectivity index (χ0n) is 12.4. The molecule has 0 bridgehead atoms. The van der Waals surface area contributed by atoms with Crippen molar-refractivity contribution in [3.63, 3.8) is 0 Å². The number of rotatable bonds is 5. The molecule has 19 heavy (non-hydrogen) atoms. The topological polar surface area (TPSA) is 50.1 Å². The second kappa shape index (κ2) is 6.06. The van der Waals surface area contributed by atoms with Crippen LogP contribution in [0.3, 0.4) is 0 Å². The van der Waals surface area contributed by atoms with Gasteiger partial charge in [-0.1, -0.05) is 13.8 Å². The highest BCUT2D eigenvalue weighted by Crippen LogP contribution is 2.31. The molecule has 0 saturated heterocycles. The molecule has 2 rings (SSSR count). The highest BCUT2D eigenvalue weighted by molar-refractivity contribution is 5.16. The molecule has 0 spiro atoms. The third kappa shape index (κ3) is 3.80. The van der Waals surface area contributed by atoms with Crippen LogP contribution in [0.5, 0.6) is 0 Å². The summed E-state index contributed by atoms with van der Waals surface area (Å²) in [5, 5.41) is 18.4. The third-order valence-corrected chi connectivity index (χ3v) is 4.30. The fraction of sp³-hybridized carbons (Fsp3) is 0.800. The molecule has 1 aliphatic rings. The summed E-state index contributed by atoms with van der Waals surface area (Å²) >= 11 is 0. The number of aromatic nitrogens is 2. The van der Waals surface area contributed by atoms with Gasteiger partial charge in [-0.2, -0.15) is 5.10 Å². The second-order valence-electron chi connectivity index (χ2n) is 6.14. The van der Waals surface area contributed by atoms with E-state index in [0.717, 1.165) is 50.3 Å². The van der Waals surface area contributed by atoms with Crippen molar-refractivity contribution in [2.45, 2.75) is 58.1 Å². The monoisotopic (exact) mass is 265 g/mol. The molecule has 1 fully saturated rings. The van der Waals surface area contributed by atoms with Gasteiger partial charge in [-0.25, -0.2) is 0 Å². The molecule has 0 aliphatic heterocycles. The molecule has 1 aliphatic carbocycles. The SMILES string of the molecule is CCc1nn(C)cc1CNCC1(O)CCC(C)CC1. The predicted octanol–water partition coefficient (Wildman–Crippen LogP) is 2.01. The van der Waals surface area contributed by atoms with Crippen LogP contribution in [0.2, 0.25) is 0 Å². The molecule has 0 atom stereocenters. The van der Waals surface area contributed by atoms with E-state index in [2.05, 4.69) is 30.5 Å². The van der Waals surface area contributed by atoms with Crippen LogP contribution in [0.15, 0.2) is 6.20 Å². The number of hydrogen-bond donors (Lipinski definition) is 2. The van der Waals surface area contributed by atoms with Crippen LogP contribution < -0.4 is 5.32 Å². The summed E-state index contributed by atoms with van der Waals surface area (Å²) in [5.41, 5.74) is 1.90. The molecular formula is C15H27N3O. The van der Waals surface area contributed by atoms with E-state index in [-0.39, 0.29) is 0 Å². The zero-order chi connectivity index (χ0) is 13.9. The number of nitrogens with zero attached hydrogens (tertiary/aromatic N) is 2. The first-order chi connectivity index (χ1) is 9.02. The lowest BCUT2D eigenvalue weighted by atomic mass is 9.79. The predicted molar refractivity (Wildman–Crippen MR) is 76.9 cm³/mol. The minimum Gasteiger partial charge on any atom is -0.389 e. The van der Waals surface area contributed by atoms with Gasteiger partial charge in [0.15, 0.2) is 0 Å². The summed E-state index contributed by atoms with van der Waals surface area (Å²) in [4.78, 5) is 0. The lowest BCUT2D eigenvalue weighted by Crippen LogP contribution is -2.43. The highest BCUT2D eigenvalue weighted by atomic mass is 16.3. The molecular weight excluding hydrogens is 238 g/mol. The van der Waals surface area contributed by atoms with Crippen molar-refractivity contribution in [2.75, 3.05) is 6.54 Å². The lowest BCUT2D eigenvalue weighted by Gasteiger charge is -2.35. The Kier molecular flexibility index (Phi) is 4.63. The van der Waals surface area contributed by atoms with Crippen molar-refractivity contribution >= 4 is 0 Å². The van der Waals surface area contributed by atoms with Gasteiger partial charge in [0.25, 0.3) is 0 Å². The van der Waals surface area contributed by atoms with Crippen LogP contribution >= 0.6 is 0 Å². The van der Waals surface area contributed by atoms with Gasteiger partial charge in [0, 0.05) is 31.9 Å². The Bertz CT molecular complexity index is 406. The molecule has 108 valence electrons. The van der Waals surface area contributed by atoms with Gasteiger partial charge in [-0.3, -0.25) is 4.68 Å². The fourth-order valence-electron chi connectivity index (χ4n) is 2.94. The fourth-order valence-corrected chi connectivity index (χ4v) is 2.94. The van der Waals surface area contributed by atoms with Crippen LogP contribution in [0, 0.1) is 5.92 Å². The number of aliphatic hydroxyl groups is 1. The van der Waals surface area contributed by atoms with E-state index in [9.17, 15) is 5.11 Å². The minimum atomic E-state index is -0.499. The summed E-state index contributed by atoms with van der Waals surface area (Å²) in [6.45, 7) is 5.89. The van der Waals surface area contributed by atoms with E-state index in [0.29, 0.717) is 6.54 Å². The maximum absolute atomic E-state index is 10.5. The van der Waals surface area contributed by atoms with Crippen molar-refractivity contribution in [2.24, 2.45) is 13.0 Å². The van der Waals surface area contributed by atoms with Gasteiger partial charge >= 0.3 is 0 Å². The van der Waals surface area contributed by atoms with Gasteiger partial charge in [0.05, 0.1) is 11.3 Å². The van der Waals surface area contributed by atoms with E-state index in [1.807, 2.05) is 11.7 Å². The molecule has 0 aromatic carbocycles. The first-order valence-electron chi connectivity index (χ1n) is 7.47. The van der Waals surface area contributed by atoms with Crippen molar-refractivity contribution in [1.29, 1.82) is 0 Å². The van der Waals surface area contributed by atoms with Gasteiger partial charge in [-0.05, 0) is 38.0 Å². The lowest BCUT2D eigenvalue weighted by molar-refractivity contribution is -0.00631. The largest absolute Gasteiger partial charge is 0.389 e. The van der Waals surface area contributed by atoms with Gasteiger partial charge in [0.1, 0.15) is 0 Å². The molecule has 0 amide bonds. The highest BCUT2D eigenvalue weighted by Gasteiger charge is 2.31. The van der Waals surface area contributed by atoms with Crippen molar-refractivity contribution < 1.29 is 5.11 Å². The summed E-state index contributed by atoms with van der Waals surface area (Å²) < 4.78 is 1.87. The van der Waals surface area contributed by atoms with E-state index < -0.39 is 5.60 Å². The Morgan fingerprint density at radius 2 is 2.16 bits per heavy atom. The van der Waals surface area contributed by atoms with Crippen LogP contribution in [0.4, 0.5) is 0 Å². The first kappa shape index (κ1) is 14.5. The third-order valence-electron chi connectivity index (χ3n) is 4.30. The van der Waals surface area contributed by atoms with Gasteiger partial charge < -0.3 is 10.4 Å². The van der Waals surface area contributed by atoms with Crippen molar-refractivity contribution in [3.05, 3.63) is 17.5 Å². The maximum Gasteiger partial charge on any atom is 0.0771 e. The Labute approximate surface area is 116 Å². The molecule has 0 radical (unpaired) electrons. The Morgan fingerprint density at radius 1 is 1.47 bits per heavy atom. The first-order valence-corrected chi connectivity index (χ1v) is 7.47. The van der Waals surface area contributed by atoms with E-state index in [1.165, 1.54) is 5.56 Å². The van der Waals surface area contributed by atoms with Gasteiger partial charge in [-0.15, -0.1) is 0 Å².